The van der Waals surface area contributed by atoms with Crippen LogP contribution in [-0.4, -0.2) is 27.3 Å². The topological polar surface area (TPSA) is 72.9 Å². The van der Waals surface area contributed by atoms with Crippen molar-refractivity contribution in [1.82, 2.24) is 0 Å². The molecule has 3 aromatic carbocycles. The summed E-state index contributed by atoms with van der Waals surface area (Å²) >= 11 is 0. The molecule has 0 bridgehead atoms. The van der Waals surface area contributed by atoms with Gasteiger partial charge in [-0.15, -0.1) is 0 Å². The molecule has 0 radical (unpaired) electrons. The summed E-state index contributed by atoms with van der Waals surface area (Å²) in [4.78, 5) is 14.4. The van der Waals surface area contributed by atoms with E-state index < -0.39 is 22.2 Å². The molecule has 0 aliphatic rings. The molecule has 0 aliphatic heterocycles. The van der Waals surface area contributed by atoms with Gasteiger partial charge in [0.2, 0.25) is 9.84 Å². The van der Waals surface area contributed by atoms with Crippen LogP contribution >= 0.6 is 0 Å². The fourth-order valence-corrected chi connectivity index (χ4v) is 4.30. The first kappa shape index (κ1) is 21.4. The molecule has 0 aliphatic carbocycles. The van der Waals surface area contributed by atoms with Crippen LogP contribution in [0, 0.1) is 0 Å². The van der Waals surface area contributed by atoms with E-state index in [1.807, 2.05) is 42.2 Å². The number of carbonyl (C=O) groups excluding carboxylic acids is 1. The summed E-state index contributed by atoms with van der Waals surface area (Å²) in [5.41, 5.74) is 0.927. The SMILES string of the molecule is CCN(c1ccccc1)C(C)OC(=O)Oc1ccc(S(=O)(=O)c2ccccc2)cc1. The Kier molecular flexibility index (Phi) is 6.74. The monoisotopic (exact) mass is 425 g/mol. The molecule has 0 heterocycles. The molecule has 1 atom stereocenters. The maximum absolute atomic E-state index is 12.6. The Bertz CT molecular complexity index is 1070. The van der Waals surface area contributed by atoms with Crippen LogP contribution in [0.25, 0.3) is 0 Å². The van der Waals surface area contributed by atoms with Gasteiger partial charge in [-0.3, -0.25) is 0 Å². The van der Waals surface area contributed by atoms with E-state index in [4.69, 9.17) is 9.47 Å². The normalized spacial score (nSPS) is 12.1. The summed E-state index contributed by atoms with van der Waals surface area (Å²) in [5, 5.41) is 0. The van der Waals surface area contributed by atoms with Gasteiger partial charge in [-0.2, -0.15) is 0 Å². The number of benzene rings is 3. The Morgan fingerprint density at radius 1 is 0.867 bits per heavy atom. The quantitative estimate of drug-likeness (QED) is 0.304. The van der Waals surface area contributed by atoms with Crippen molar-refractivity contribution in [3.8, 4) is 5.75 Å². The van der Waals surface area contributed by atoms with Gasteiger partial charge in [-0.1, -0.05) is 36.4 Å². The van der Waals surface area contributed by atoms with Gasteiger partial charge in [-0.25, -0.2) is 13.2 Å². The van der Waals surface area contributed by atoms with Crippen LogP contribution < -0.4 is 9.64 Å². The summed E-state index contributed by atoms with van der Waals surface area (Å²) in [7, 11) is -3.63. The van der Waals surface area contributed by atoms with Gasteiger partial charge in [0.15, 0.2) is 6.23 Å². The lowest BCUT2D eigenvalue weighted by molar-refractivity contribution is 0.0645. The molecule has 0 amide bonds. The molecule has 0 aromatic heterocycles. The lowest BCUT2D eigenvalue weighted by Crippen LogP contribution is -2.37. The van der Waals surface area contributed by atoms with E-state index in [0.29, 0.717) is 6.54 Å². The third-order valence-electron chi connectivity index (χ3n) is 4.52. The fraction of sp³-hybridized carbons (Fsp3) is 0.174. The molecule has 0 saturated heterocycles. The number of hydrogen-bond acceptors (Lipinski definition) is 6. The first-order valence-electron chi connectivity index (χ1n) is 9.52. The molecule has 0 saturated carbocycles. The van der Waals surface area contributed by atoms with Crippen LogP contribution in [0.3, 0.4) is 0 Å². The van der Waals surface area contributed by atoms with Gasteiger partial charge in [0.25, 0.3) is 0 Å². The highest BCUT2D eigenvalue weighted by Crippen LogP contribution is 2.23. The van der Waals surface area contributed by atoms with E-state index in [1.165, 1.54) is 36.4 Å². The van der Waals surface area contributed by atoms with Gasteiger partial charge in [-0.05, 0) is 62.4 Å². The maximum atomic E-state index is 12.6. The average molecular weight is 426 g/mol. The number of ether oxygens (including phenoxy) is 2. The predicted octanol–water partition coefficient (Wildman–Crippen LogP) is 4.91. The highest BCUT2D eigenvalue weighted by Gasteiger charge is 2.20. The van der Waals surface area contributed by atoms with Crippen molar-refractivity contribution in [3.05, 3.63) is 84.9 Å². The number of anilines is 1. The molecule has 7 heteroatoms. The summed E-state index contributed by atoms with van der Waals surface area (Å²) in [6.07, 6.45) is -1.40. The number of nitrogens with zero attached hydrogens (tertiary/aromatic N) is 1. The average Bonchev–Trinajstić information content (AvgIpc) is 2.76. The summed E-state index contributed by atoms with van der Waals surface area (Å²) in [6.45, 7) is 4.36. The highest BCUT2D eigenvalue weighted by molar-refractivity contribution is 7.91. The minimum atomic E-state index is -3.63. The zero-order chi connectivity index (χ0) is 21.6. The molecule has 3 aromatic rings. The van der Waals surface area contributed by atoms with Gasteiger partial charge in [0.1, 0.15) is 5.75 Å². The van der Waals surface area contributed by atoms with E-state index in [2.05, 4.69) is 0 Å². The predicted molar refractivity (Wildman–Crippen MR) is 114 cm³/mol. The van der Waals surface area contributed by atoms with Crippen LogP contribution in [0.2, 0.25) is 0 Å². The van der Waals surface area contributed by atoms with Gasteiger partial charge in [0, 0.05) is 12.2 Å². The molecule has 0 N–H and O–H groups in total. The van der Waals surface area contributed by atoms with Crippen LogP contribution in [0.4, 0.5) is 10.5 Å². The van der Waals surface area contributed by atoms with Gasteiger partial charge in [0.05, 0.1) is 9.79 Å². The Hall–Kier alpha value is -3.32. The Labute approximate surface area is 176 Å². The number of rotatable bonds is 7. The number of sulfone groups is 1. The third-order valence-corrected chi connectivity index (χ3v) is 6.31. The van der Waals surface area contributed by atoms with Crippen LogP contribution in [0.15, 0.2) is 94.7 Å². The smallest absolute Gasteiger partial charge is 0.410 e. The molecule has 0 fully saturated rings. The summed E-state index contributed by atoms with van der Waals surface area (Å²) in [5.74, 6) is 0.196. The number of carbonyl (C=O) groups is 1. The van der Waals surface area contributed by atoms with Crippen LogP contribution in [-0.2, 0) is 14.6 Å². The molecule has 1 unspecified atom stereocenters. The van der Waals surface area contributed by atoms with E-state index in [-0.39, 0.29) is 15.5 Å². The molecular formula is C23H23NO5S. The largest absolute Gasteiger partial charge is 0.515 e. The van der Waals surface area contributed by atoms with Gasteiger partial charge >= 0.3 is 6.16 Å². The van der Waals surface area contributed by atoms with Crippen LogP contribution in [0.1, 0.15) is 13.8 Å². The fourth-order valence-electron chi connectivity index (χ4n) is 3.01. The maximum Gasteiger partial charge on any atom is 0.515 e. The Morgan fingerprint density at radius 3 is 1.97 bits per heavy atom. The van der Waals surface area contributed by atoms with Crippen LogP contribution in [0.5, 0.6) is 5.75 Å². The summed E-state index contributed by atoms with van der Waals surface area (Å²) < 4.78 is 35.8. The Balaban J connectivity index is 1.65. The minimum Gasteiger partial charge on any atom is -0.410 e. The lowest BCUT2D eigenvalue weighted by Gasteiger charge is -2.29. The molecule has 6 nitrogen and oxygen atoms in total. The van der Waals surface area contributed by atoms with Crippen molar-refractivity contribution >= 4 is 21.7 Å². The molecule has 0 spiro atoms. The third kappa shape index (κ3) is 4.99. The van der Waals surface area contributed by atoms with Crippen molar-refractivity contribution in [2.75, 3.05) is 11.4 Å². The molecule has 30 heavy (non-hydrogen) atoms. The van der Waals surface area contributed by atoms with Crippen molar-refractivity contribution in [2.24, 2.45) is 0 Å². The van der Waals surface area contributed by atoms with E-state index >= 15 is 0 Å². The Morgan fingerprint density at radius 2 is 1.40 bits per heavy atom. The first-order valence-corrected chi connectivity index (χ1v) is 11.0. The zero-order valence-corrected chi connectivity index (χ0v) is 17.6. The van der Waals surface area contributed by atoms with Gasteiger partial charge < -0.3 is 14.4 Å². The summed E-state index contributed by atoms with van der Waals surface area (Å²) in [6, 6.07) is 23.4. The van der Waals surface area contributed by atoms with E-state index in [9.17, 15) is 13.2 Å². The van der Waals surface area contributed by atoms with Crippen molar-refractivity contribution in [3.63, 3.8) is 0 Å². The second kappa shape index (κ2) is 9.45. The van der Waals surface area contributed by atoms with Crippen molar-refractivity contribution < 1.29 is 22.7 Å². The number of hydrogen-bond donors (Lipinski definition) is 0. The van der Waals surface area contributed by atoms with Crippen molar-refractivity contribution in [2.45, 2.75) is 29.9 Å². The second-order valence-electron chi connectivity index (χ2n) is 6.48. The molecule has 3 rings (SSSR count). The number of para-hydroxylation sites is 1. The zero-order valence-electron chi connectivity index (χ0n) is 16.8. The second-order valence-corrected chi connectivity index (χ2v) is 8.43. The standard InChI is InChI=1S/C23H23NO5S/c1-3-24(19-10-6-4-7-11-19)18(2)28-23(25)29-20-14-16-22(17-15-20)30(26,27)21-12-8-5-9-13-21/h4-18H,3H2,1-2H3. The molecular weight excluding hydrogens is 402 g/mol. The molecule has 156 valence electrons. The van der Waals surface area contributed by atoms with E-state index in [0.717, 1.165) is 5.69 Å². The highest BCUT2D eigenvalue weighted by atomic mass is 32.2. The first-order chi connectivity index (χ1) is 14.4. The van der Waals surface area contributed by atoms with Crippen molar-refractivity contribution in [1.29, 1.82) is 0 Å². The minimum absolute atomic E-state index is 0.115. The lowest BCUT2D eigenvalue weighted by atomic mass is 10.3. The van der Waals surface area contributed by atoms with E-state index in [1.54, 1.807) is 25.1 Å².